The van der Waals surface area contributed by atoms with Gasteiger partial charge < -0.3 is 0 Å². The number of hydrogen-bond donors (Lipinski definition) is 0. The van der Waals surface area contributed by atoms with Gasteiger partial charge in [0.2, 0.25) is 0 Å². The summed E-state index contributed by atoms with van der Waals surface area (Å²) in [6, 6.07) is 0. The fourth-order valence-corrected chi connectivity index (χ4v) is 1.45. The lowest BCUT2D eigenvalue weighted by atomic mass is 9.99. The molecule has 0 aliphatic heterocycles. The summed E-state index contributed by atoms with van der Waals surface area (Å²) in [4.78, 5) is 0. The quantitative estimate of drug-likeness (QED) is 0.536. The van der Waals surface area contributed by atoms with Gasteiger partial charge in [-0.25, -0.2) is 0 Å². The minimum Gasteiger partial charge on any atom is -0.0847 e. The molecular formula is C14H24. The van der Waals surface area contributed by atoms with Gasteiger partial charge in [-0.2, -0.15) is 0 Å². The minimum absolute atomic E-state index is 1.21. The lowest BCUT2D eigenvalue weighted by Crippen LogP contribution is -1.87. The SMILES string of the molecule is C\C=C(CCCC)/C(C)=C\C(C)=C\C. The minimum atomic E-state index is 1.21. The van der Waals surface area contributed by atoms with Crippen molar-refractivity contribution < 1.29 is 0 Å². The van der Waals surface area contributed by atoms with Crippen LogP contribution in [-0.4, -0.2) is 0 Å². The Kier molecular flexibility index (Phi) is 7.18. The highest BCUT2D eigenvalue weighted by Gasteiger charge is 1.98. The van der Waals surface area contributed by atoms with Crippen molar-refractivity contribution in [1.82, 2.24) is 0 Å². The second kappa shape index (κ2) is 7.61. The number of hydrogen-bond acceptors (Lipinski definition) is 0. The van der Waals surface area contributed by atoms with Crippen molar-refractivity contribution >= 4 is 0 Å². The normalized spacial score (nSPS) is 14.8. The number of allylic oxidation sites excluding steroid dienone is 6. The van der Waals surface area contributed by atoms with Crippen molar-refractivity contribution in [3.8, 4) is 0 Å². The van der Waals surface area contributed by atoms with Crippen LogP contribution in [0.2, 0.25) is 0 Å². The van der Waals surface area contributed by atoms with Crippen molar-refractivity contribution in [2.75, 3.05) is 0 Å². The van der Waals surface area contributed by atoms with E-state index in [0.29, 0.717) is 0 Å². The molecule has 14 heavy (non-hydrogen) atoms. The Hall–Kier alpha value is -0.780. The predicted octanol–water partition coefficient (Wildman–Crippen LogP) is 5.04. The maximum atomic E-state index is 2.27. The summed E-state index contributed by atoms with van der Waals surface area (Å²) >= 11 is 0. The van der Waals surface area contributed by atoms with E-state index in [1.165, 1.54) is 36.0 Å². The summed E-state index contributed by atoms with van der Waals surface area (Å²) in [5.41, 5.74) is 4.25. The molecule has 0 N–H and O–H groups in total. The fraction of sp³-hybridized carbons (Fsp3) is 0.571. The average molecular weight is 192 g/mol. The third-order valence-corrected chi connectivity index (χ3v) is 2.55. The number of rotatable bonds is 5. The van der Waals surface area contributed by atoms with Crippen LogP contribution in [0.3, 0.4) is 0 Å². The maximum Gasteiger partial charge on any atom is -0.0280 e. The third-order valence-electron chi connectivity index (χ3n) is 2.55. The lowest BCUT2D eigenvalue weighted by molar-refractivity contribution is 0.790. The van der Waals surface area contributed by atoms with Crippen molar-refractivity contribution in [3.63, 3.8) is 0 Å². The molecule has 0 unspecified atom stereocenters. The summed E-state index contributed by atoms with van der Waals surface area (Å²) in [7, 11) is 0. The van der Waals surface area contributed by atoms with E-state index in [0.717, 1.165) is 0 Å². The summed E-state index contributed by atoms with van der Waals surface area (Å²) in [5.74, 6) is 0. The Morgan fingerprint density at radius 2 is 1.71 bits per heavy atom. The highest BCUT2D eigenvalue weighted by Crippen LogP contribution is 2.18. The second-order valence-corrected chi connectivity index (χ2v) is 3.78. The predicted molar refractivity (Wildman–Crippen MR) is 66.5 cm³/mol. The van der Waals surface area contributed by atoms with Gasteiger partial charge >= 0.3 is 0 Å². The van der Waals surface area contributed by atoms with E-state index in [1.807, 2.05) is 0 Å². The second-order valence-electron chi connectivity index (χ2n) is 3.78. The van der Waals surface area contributed by atoms with E-state index in [2.05, 4.69) is 52.8 Å². The molecular weight excluding hydrogens is 168 g/mol. The van der Waals surface area contributed by atoms with Gasteiger partial charge in [-0.1, -0.05) is 37.1 Å². The molecule has 0 aromatic heterocycles. The highest BCUT2D eigenvalue weighted by atomic mass is 14.0. The lowest BCUT2D eigenvalue weighted by Gasteiger charge is -2.07. The van der Waals surface area contributed by atoms with Crippen LogP contribution in [0.15, 0.2) is 34.9 Å². The van der Waals surface area contributed by atoms with Crippen LogP contribution in [-0.2, 0) is 0 Å². The zero-order chi connectivity index (χ0) is 11.0. The molecule has 0 saturated heterocycles. The largest absolute Gasteiger partial charge is 0.0847 e. The van der Waals surface area contributed by atoms with Crippen molar-refractivity contribution in [2.24, 2.45) is 0 Å². The average Bonchev–Trinajstić information content (AvgIpc) is 2.18. The monoisotopic (exact) mass is 192 g/mol. The fourth-order valence-electron chi connectivity index (χ4n) is 1.45. The van der Waals surface area contributed by atoms with E-state index >= 15 is 0 Å². The molecule has 0 aromatic carbocycles. The first kappa shape index (κ1) is 13.2. The summed E-state index contributed by atoms with van der Waals surface area (Å²) in [6.45, 7) is 10.8. The van der Waals surface area contributed by atoms with Gasteiger partial charge in [-0.05, 0) is 51.7 Å². The molecule has 0 aromatic rings. The first-order valence-electron chi connectivity index (χ1n) is 5.62. The molecule has 0 aliphatic carbocycles. The molecule has 0 spiro atoms. The van der Waals surface area contributed by atoms with Crippen molar-refractivity contribution in [1.29, 1.82) is 0 Å². The molecule has 0 saturated carbocycles. The van der Waals surface area contributed by atoms with Crippen LogP contribution >= 0.6 is 0 Å². The van der Waals surface area contributed by atoms with Gasteiger partial charge in [-0.3, -0.25) is 0 Å². The van der Waals surface area contributed by atoms with Crippen LogP contribution < -0.4 is 0 Å². The molecule has 0 bridgehead atoms. The van der Waals surface area contributed by atoms with Gasteiger partial charge in [0.15, 0.2) is 0 Å². The standard InChI is InChI=1S/C14H24/c1-6-9-10-14(8-3)13(5)11-12(4)7-2/h7-8,11H,6,9-10H2,1-5H3/b12-7+,13-11-,14-8-. The smallest absolute Gasteiger partial charge is 0.0280 e. The zero-order valence-corrected chi connectivity index (χ0v) is 10.4. The van der Waals surface area contributed by atoms with E-state index in [9.17, 15) is 0 Å². The van der Waals surface area contributed by atoms with Gasteiger partial charge in [0.25, 0.3) is 0 Å². The first-order chi connectivity index (χ1) is 6.65. The third kappa shape index (κ3) is 5.06. The topological polar surface area (TPSA) is 0 Å². The molecule has 0 rings (SSSR count). The summed E-state index contributed by atoms with van der Waals surface area (Å²) < 4.78 is 0. The van der Waals surface area contributed by atoms with E-state index in [4.69, 9.17) is 0 Å². The molecule has 0 atom stereocenters. The van der Waals surface area contributed by atoms with Gasteiger partial charge in [0.1, 0.15) is 0 Å². The Morgan fingerprint density at radius 3 is 2.14 bits per heavy atom. The highest BCUT2D eigenvalue weighted by molar-refractivity contribution is 5.34. The molecule has 0 amide bonds. The molecule has 0 nitrogen and oxygen atoms in total. The molecule has 0 aliphatic rings. The van der Waals surface area contributed by atoms with Crippen molar-refractivity contribution in [3.05, 3.63) is 34.9 Å². The van der Waals surface area contributed by atoms with Crippen LogP contribution in [0.4, 0.5) is 0 Å². The Morgan fingerprint density at radius 1 is 1.07 bits per heavy atom. The van der Waals surface area contributed by atoms with Crippen molar-refractivity contribution in [2.45, 2.75) is 53.9 Å². The van der Waals surface area contributed by atoms with Crippen LogP contribution in [0.25, 0.3) is 0 Å². The Balaban J connectivity index is 4.47. The summed E-state index contributed by atoms with van der Waals surface area (Å²) in [5, 5.41) is 0. The maximum absolute atomic E-state index is 2.27. The Bertz CT molecular complexity index is 239. The van der Waals surface area contributed by atoms with Gasteiger partial charge in [0, 0.05) is 0 Å². The van der Waals surface area contributed by atoms with Crippen LogP contribution in [0, 0.1) is 0 Å². The van der Waals surface area contributed by atoms with E-state index < -0.39 is 0 Å². The van der Waals surface area contributed by atoms with Gasteiger partial charge in [0.05, 0.1) is 0 Å². The van der Waals surface area contributed by atoms with E-state index in [1.54, 1.807) is 0 Å². The molecule has 0 radical (unpaired) electrons. The molecule has 0 heteroatoms. The first-order valence-corrected chi connectivity index (χ1v) is 5.62. The molecule has 80 valence electrons. The molecule has 0 fully saturated rings. The number of unbranched alkanes of at least 4 members (excludes halogenated alkanes) is 1. The Labute approximate surface area is 89.4 Å². The molecule has 0 heterocycles. The summed E-state index contributed by atoms with van der Waals surface area (Å²) in [6.07, 6.45) is 10.4. The van der Waals surface area contributed by atoms with E-state index in [-0.39, 0.29) is 0 Å². The van der Waals surface area contributed by atoms with Crippen LogP contribution in [0.5, 0.6) is 0 Å². The van der Waals surface area contributed by atoms with Gasteiger partial charge in [-0.15, -0.1) is 0 Å². The zero-order valence-electron chi connectivity index (χ0n) is 10.4. The van der Waals surface area contributed by atoms with Crippen LogP contribution in [0.1, 0.15) is 53.9 Å².